The molecule has 5 aliphatic carbocycles. The molecule has 0 unspecified atom stereocenters. The van der Waals surface area contributed by atoms with Crippen molar-refractivity contribution in [1.82, 2.24) is 0 Å². The summed E-state index contributed by atoms with van der Waals surface area (Å²) in [7, 11) is 0. The Morgan fingerprint density at radius 2 is 1.75 bits per heavy atom. The van der Waals surface area contributed by atoms with Gasteiger partial charge in [0.2, 0.25) is 0 Å². The van der Waals surface area contributed by atoms with Gasteiger partial charge in [-0.15, -0.1) is 0 Å². The topological polar surface area (TPSA) is 121 Å². The summed E-state index contributed by atoms with van der Waals surface area (Å²) in [6, 6.07) is 0. The van der Waals surface area contributed by atoms with Crippen molar-refractivity contribution >= 4 is 12.3 Å². The number of esters is 1. The van der Waals surface area contributed by atoms with Crippen molar-refractivity contribution in [2.75, 3.05) is 6.61 Å². The van der Waals surface area contributed by atoms with Crippen molar-refractivity contribution in [3.63, 3.8) is 0 Å². The Labute approximate surface area is 260 Å². The van der Waals surface area contributed by atoms with Gasteiger partial charge in [0, 0.05) is 37.2 Å². The average molecular weight is 615 g/mol. The lowest BCUT2D eigenvalue weighted by atomic mass is 9.41. The molecule has 8 aliphatic rings. The lowest BCUT2D eigenvalue weighted by Crippen LogP contribution is -2.69. The molecular weight excluding hydrogens is 564 g/mol. The molecule has 0 aromatic carbocycles. The molecule has 3 aliphatic heterocycles. The number of ether oxygens (including phenoxy) is 5. The van der Waals surface area contributed by atoms with Gasteiger partial charge < -0.3 is 38.7 Å². The normalized spacial score (nSPS) is 52.8. The first-order chi connectivity index (χ1) is 21.0. The van der Waals surface area contributed by atoms with E-state index in [2.05, 4.69) is 6.92 Å². The standard InChI is InChI=1S/C35H50O9/c1-21-30-27(43-34(44-30)10-4-3-5-11-34)17-29(41-21)42-23-6-13-32(20-36)25-7-12-31(2)24(22-16-28(37)40-19-22)9-15-35(31,39)26(25)8-14-33(32,38)18-23/h16,20-21,23-27,29-30,38-39H,3-15,17-19H2,1-2H3/t21-,23-,24+,25-,26+,27-,29+,30-,31+,32-,33-,35-/m0/s1. The van der Waals surface area contributed by atoms with Crippen molar-refractivity contribution < 1.29 is 43.5 Å². The number of rotatable bonds is 4. The van der Waals surface area contributed by atoms with Crippen LogP contribution in [0, 0.1) is 28.6 Å². The van der Waals surface area contributed by atoms with Crippen LogP contribution in [0.2, 0.25) is 0 Å². The minimum atomic E-state index is -1.18. The van der Waals surface area contributed by atoms with Crippen LogP contribution in [-0.4, -0.2) is 76.8 Å². The maximum atomic E-state index is 13.2. The van der Waals surface area contributed by atoms with Crippen LogP contribution in [0.15, 0.2) is 11.6 Å². The van der Waals surface area contributed by atoms with Gasteiger partial charge in [-0.2, -0.15) is 0 Å². The number of aliphatic hydroxyl groups is 2. The Kier molecular flexibility index (Phi) is 7.04. The van der Waals surface area contributed by atoms with Crippen LogP contribution in [0.3, 0.4) is 0 Å². The van der Waals surface area contributed by atoms with E-state index in [0.717, 1.165) is 56.8 Å². The molecule has 1 spiro atoms. The maximum Gasteiger partial charge on any atom is 0.331 e. The van der Waals surface area contributed by atoms with E-state index in [4.69, 9.17) is 23.7 Å². The van der Waals surface area contributed by atoms with Gasteiger partial charge in [0.15, 0.2) is 12.1 Å². The second kappa shape index (κ2) is 10.3. The van der Waals surface area contributed by atoms with Crippen molar-refractivity contribution in [3.05, 3.63) is 11.6 Å². The predicted octanol–water partition coefficient (Wildman–Crippen LogP) is 4.50. The highest BCUT2D eigenvalue weighted by atomic mass is 16.8. The van der Waals surface area contributed by atoms with Crippen LogP contribution in [0.1, 0.15) is 110 Å². The van der Waals surface area contributed by atoms with E-state index in [9.17, 15) is 19.8 Å². The lowest BCUT2D eigenvalue weighted by molar-refractivity contribution is -0.278. The Bertz CT molecular complexity index is 1210. The van der Waals surface area contributed by atoms with Gasteiger partial charge in [-0.3, -0.25) is 0 Å². The van der Waals surface area contributed by atoms with Crippen molar-refractivity contribution in [1.29, 1.82) is 0 Å². The minimum Gasteiger partial charge on any atom is -0.458 e. The summed E-state index contributed by atoms with van der Waals surface area (Å²) in [6.45, 7) is 4.52. The average Bonchev–Trinajstić information content (AvgIpc) is 3.66. The molecular formula is C35H50O9. The van der Waals surface area contributed by atoms with Gasteiger partial charge >= 0.3 is 5.97 Å². The third kappa shape index (κ3) is 4.18. The van der Waals surface area contributed by atoms with Gasteiger partial charge in [-0.1, -0.05) is 13.3 Å². The Morgan fingerprint density at radius 3 is 2.50 bits per heavy atom. The fourth-order valence-corrected chi connectivity index (χ4v) is 11.9. The quantitative estimate of drug-likeness (QED) is 0.268. The molecule has 0 bridgehead atoms. The molecule has 9 heteroatoms. The second-order valence-corrected chi connectivity index (χ2v) is 16.0. The number of fused-ring (bicyclic) bond motifs is 6. The smallest absolute Gasteiger partial charge is 0.331 e. The van der Waals surface area contributed by atoms with Gasteiger partial charge in [0.05, 0.1) is 34.9 Å². The van der Waals surface area contributed by atoms with Crippen LogP contribution in [0.4, 0.5) is 0 Å². The van der Waals surface area contributed by atoms with Crippen LogP contribution < -0.4 is 0 Å². The molecule has 244 valence electrons. The van der Waals surface area contributed by atoms with E-state index in [0.29, 0.717) is 51.6 Å². The molecule has 0 radical (unpaired) electrons. The highest BCUT2D eigenvalue weighted by molar-refractivity contribution is 5.85. The molecule has 0 aromatic heterocycles. The Hall–Kier alpha value is -1.36. The first-order valence-corrected chi connectivity index (χ1v) is 17.5. The zero-order valence-corrected chi connectivity index (χ0v) is 26.3. The molecule has 12 atom stereocenters. The van der Waals surface area contributed by atoms with Gasteiger partial charge in [-0.25, -0.2) is 4.79 Å². The summed E-state index contributed by atoms with van der Waals surface area (Å²) in [4.78, 5) is 25.1. The zero-order valence-electron chi connectivity index (χ0n) is 26.3. The minimum absolute atomic E-state index is 0.0600. The highest BCUT2D eigenvalue weighted by Crippen LogP contribution is 2.70. The highest BCUT2D eigenvalue weighted by Gasteiger charge is 2.71. The molecule has 7 fully saturated rings. The molecule has 44 heavy (non-hydrogen) atoms. The molecule has 0 amide bonds. The predicted molar refractivity (Wildman–Crippen MR) is 157 cm³/mol. The molecule has 3 heterocycles. The number of hydrogen-bond donors (Lipinski definition) is 2. The summed E-state index contributed by atoms with van der Waals surface area (Å²) in [5.41, 5.74) is -2.42. The van der Waals surface area contributed by atoms with E-state index < -0.39 is 28.7 Å². The first kappa shape index (κ1) is 30.0. The molecule has 0 aromatic rings. The van der Waals surface area contributed by atoms with Crippen molar-refractivity contribution in [2.45, 2.75) is 158 Å². The summed E-state index contributed by atoms with van der Waals surface area (Å²) >= 11 is 0. The van der Waals surface area contributed by atoms with E-state index >= 15 is 0 Å². The SMILES string of the molecule is C[C@@H]1O[C@H](O[C@H]2CC[C@]3(C=O)[C@H]4CC[C@]5(C)[C@@H](C6=CC(=O)OC6)CC[C@]5(O)[C@@H]4CC[C@]3(O)C2)C[C@@H]2OC3(CCCCC3)O[C@@H]12. The lowest BCUT2D eigenvalue weighted by Gasteiger charge is -2.65. The zero-order chi connectivity index (χ0) is 30.5. The van der Waals surface area contributed by atoms with Crippen molar-refractivity contribution in [3.8, 4) is 0 Å². The molecule has 5 saturated carbocycles. The largest absolute Gasteiger partial charge is 0.458 e. The van der Waals surface area contributed by atoms with E-state index in [1.165, 1.54) is 6.42 Å². The molecule has 2 saturated heterocycles. The summed E-state index contributed by atoms with van der Waals surface area (Å²) in [5, 5.41) is 24.8. The molecule has 9 nitrogen and oxygen atoms in total. The molecule has 8 rings (SSSR count). The Morgan fingerprint density at radius 1 is 0.955 bits per heavy atom. The molecule has 2 N–H and O–H groups in total. The fraction of sp³-hybridized carbons (Fsp3) is 0.886. The number of carbonyl (C=O) groups excluding carboxylic acids is 2. The summed E-state index contributed by atoms with van der Waals surface area (Å²) in [5.74, 6) is -0.828. The summed E-state index contributed by atoms with van der Waals surface area (Å²) < 4.78 is 31.2. The fourth-order valence-electron chi connectivity index (χ4n) is 11.9. The number of aldehydes is 1. The third-order valence-electron chi connectivity index (χ3n) is 14.1. The van der Waals surface area contributed by atoms with Crippen molar-refractivity contribution in [2.24, 2.45) is 28.6 Å². The third-order valence-corrected chi connectivity index (χ3v) is 14.1. The first-order valence-electron chi connectivity index (χ1n) is 17.5. The van der Waals surface area contributed by atoms with Gasteiger partial charge in [-0.05, 0) is 94.5 Å². The van der Waals surface area contributed by atoms with Crippen LogP contribution in [0.25, 0.3) is 0 Å². The monoisotopic (exact) mass is 614 g/mol. The Balaban J connectivity index is 0.971. The van der Waals surface area contributed by atoms with E-state index in [1.54, 1.807) is 6.08 Å². The van der Waals surface area contributed by atoms with Gasteiger partial charge in [0.1, 0.15) is 19.0 Å². The van der Waals surface area contributed by atoms with E-state index in [-0.39, 0.29) is 53.6 Å². The second-order valence-electron chi connectivity index (χ2n) is 16.0. The van der Waals surface area contributed by atoms with Crippen LogP contribution >= 0.6 is 0 Å². The number of carbonyl (C=O) groups is 2. The van der Waals surface area contributed by atoms with Crippen LogP contribution in [0.5, 0.6) is 0 Å². The van der Waals surface area contributed by atoms with E-state index in [1.807, 2.05) is 6.92 Å². The summed E-state index contributed by atoms with van der Waals surface area (Å²) in [6.07, 6.45) is 13.4. The maximum absolute atomic E-state index is 13.2. The van der Waals surface area contributed by atoms with Gasteiger partial charge in [0.25, 0.3) is 0 Å². The number of hydrogen-bond acceptors (Lipinski definition) is 9. The number of cyclic esters (lactones) is 1. The van der Waals surface area contributed by atoms with Crippen LogP contribution in [-0.2, 0) is 33.3 Å².